The Morgan fingerprint density at radius 2 is 1.96 bits per heavy atom. The molecule has 0 saturated carbocycles. The van der Waals surface area contributed by atoms with Gasteiger partial charge < -0.3 is 10.2 Å². The average Bonchev–Trinajstić information content (AvgIpc) is 3.16. The van der Waals surface area contributed by atoms with E-state index in [0.29, 0.717) is 23.9 Å². The molecule has 4 nitrogen and oxygen atoms in total. The summed E-state index contributed by atoms with van der Waals surface area (Å²) in [6.45, 7) is 2.39. The number of benzene rings is 1. The predicted molar refractivity (Wildman–Crippen MR) is 107 cm³/mol. The molecule has 1 aromatic heterocycles. The van der Waals surface area contributed by atoms with Crippen LogP contribution in [0.1, 0.15) is 29.1 Å². The van der Waals surface area contributed by atoms with Gasteiger partial charge in [-0.3, -0.25) is 4.99 Å². The first-order chi connectivity index (χ1) is 13.5. The summed E-state index contributed by atoms with van der Waals surface area (Å²) >= 11 is 1.05. The molecular formula is C20H25F3N4S. The molecule has 28 heavy (non-hydrogen) atoms. The van der Waals surface area contributed by atoms with Crippen LogP contribution in [0.3, 0.4) is 0 Å². The van der Waals surface area contributed by atoms with Crippen molar-refractivity contribution < 1.29 is 13.2 Å². The van der Waals surface area contributed by atoms with Crippen LogP contribution in [0, 0.1) is 5.92 Å². The standard InChI is InChI=1S/C20H25F3N4S/c1-24-19(25-10-7-18-26-17(14-28-18)20(21,22)23)27-11-8-16(9-12-27)13-15-5-3-2-4-6-15/h2-6,14,16H,7-13H2,1H3,(H,24,25). The van der Waals surface area contributed by atoms with Crippen molar-refractivity contribution in [3.8, 4) is 0 Å². The normalized spacial score (nSPS) is 16.4. The van der Waals surface area contributed by atoms with E-state index in [1.165, 1.54) is 5.56 Å². The second kappa shape index (κ2) is 9.41. The summed E-state index contributed by atoms with van der Waals surface area (Å²) in [5, 5.41) is 4.82. The van der Waals surface area contributed by atoms with E-state index in [-0.39, 0.29) is 0 Å². The number of hydrogen-bond donors (Lipinski definition) is 1. The lowest BCUT2D eigenvalue weighted by Crippen LogP contribution is -2.46. The van der Waals surface area contributed by atoms with Crippen molar-refractivity contribution >= 4 is 17.3 Å². The first-order valence-corrected chi connectivity index (χ1v) is 10.3. The van der Waals surface area contributed by atoms with Crippen LogP contribution in [0.25, 0.3) is 0 Å². The van der Waals surface area contributed by atoms with Gasteiger partial charge >= 0.3 is 6.18 Å². The fraction of sp³-hybridized carbons (Fsp3) is 0.500. The first kappa shape index (κ1) is 20.6. The second-order valence-electron chi connectivity index (χ2n) is 6.97. The highest BCUT2D eigenvalue weighted by Gasteiger charge is 2.33. The summed E-state index contributed by atoms with van der Waals surface area (Å²) in [5.74, 6) is 1.48. The van der Waals surface area contributed by atoms with E-state index in [9.17, 15) is 13.2 Å². The van der Waals surface area contributed by atoms with E-state index >= 15 is 0 Å². The Bertz CT molecular complexity index is 765. The summed E-state index contributed by atoms with van der Waals surface area (Å²) in [6, 6.07) is 10.6. The Morgan fingerprint density at radius 3 is 2.57 bits per heavy atom. The third kappa shape index (κ3) is 5.70. The number of aromatic nitrogens is 1. The number of guanidine groups is 1. The van der Waals surface area contributed by atoms with Crippen LogP contribution in [-0.4, -0.2) is 42.5 Å². The van der Waals surface area contributed by atoms with E-state index in [0.717, 1.165) is 55.0 Å². The lowest BCUT2D eigenvalue weighted by molar-refractivity contribution is -0.140. The van der Waals surface area contributed by atoms with E-state index in [2.05, 4.69) is 44.5 Å². The van der Waals surface area contributed by atoms with E-state index in [1.807, 2.05) is 6.07 Å². The van der Waals surface area contributed by atoms with Gasteiger partial charge in [0, 0.05) is 38.5 Å². The minimum absolute atomic E-state index is 0.449. The molecule has 1 saturated heterocycles. The number of rotatable bonds is 5. The number of hydrogen-bond acceptors (Lipinski definition) is 3. The lowest BCUT2D eigenvalue weighted by atomic mass is 9.90. The SMILES string of the molecule is CN=C(NCCc1nc(C(F)(F)F)cs1)N1CCC(Cc2ccccc2)CC1. The molecule has 1 aliphatic heterocycles. The van der Waals surface area contributed by atoms with Gasteiger partial charge in [-0.05, 0) is 30.7 Å². The van der Waals surface area contributed by atoms with Crippen molar-refractivity contribution in [3.05, 3.63) is 52.0 Å². The van der Waals surface area contributed by atoms with Crippen molar-refractivity contribution in [2.75, 3.05) is 26.7 Å². The number of nitrogens with one attached hydrogen (secondary N) is 1. The number of thiazole rings is 1. The van der Waals surface area contributed by atoms with E-state index in [1.54, 1.807) is 7.05 Å². The van der Waals surface area contributed by atoms with Crippen LogP contribution in [0.2, 0.25) is 0 Å². The van der Waals surface area contributed by atoms with Crippen molar-refractivity contribution in [2.45, 2.75) is 31.9 Å². The Morgan fingerprint density at radius 1 is 1.25 bits per heavy atom. The number of aliphatic imine (C=N–C) groups is 1. The Balaban J connectivity index is 1.43. The molecule has 0 unspecified atom stereocenters. The summed E-state index contributed by atoms with van der Waals surface area (Å²) in [5.41, 5.74) is 0.572. The highest BCUT2D eigenvalue weighted by molar-refractivity contribution is 7.09. The zero-order valence-corrected chi connectivity index (χ0v) is 16.7. The average molecular weight is 411 g/mol. The van der Waals surface area contributed by atoms with Crippen molar-refractivity contribution in [3.63, 3.8) is 0 Å². The highest BCUT2D eigenvalue weighted by Crippen LogP contribution is 2.30. The van der Waals surface area contributed by atoms with Gasteiger partial charge in [0.2, 0.25) is 0 Å². The van der Waals surface area contributed by atoms with Crippen LogP contribution >= 0.6 is 11.3 Å². The topological polar surface area (TPSA) is 40.5 Å². The maximum Gasteiger partial charge on any atom is 0.434 e. The zero-order valence-electron chi connectivity index (χ0n) is 15.9. The molecule has 1 aromatic carbocycles. The smallest absolute Gasteiger partial charge is 0.356 e. The maximum atomic E-state index is 12.6. The fourth-order valence-corrected chi connectivity index (χ4v) is 4.27. The van der Waals surface area contributed by atoms with Gasteiger partial charge in [0.05, 0.1) is 5.01 Å². The highest BCUT2D eigenvalue weighted by atomic mass is 32.1. The molecule has 3 rings (SSSR count). The van der Waals surface area contributed by atoms with Gasteiger partial charge in [0.1, 0.15) is 0 Å². The first-order valence-electron chi connectivity index (χ1n) is 9.47. The molecule has 152 valence electrons. The number of nitrogens with zero attached hydrogens (tertiary/aromatic N) is 3. The van der Waals surface area contributed by atoms with Crippen LogP contribution in [0.5, 0.6) is 0 Å². The van der Waals surface area contributed by atoms with Crippen molar-refractivity contribution in [2.24, 2.45) is 10.9 Å². The Labute approximate surface area is 167 Å². The maximum absolute atomic E-state index is 12.6. The monoisotopic (exact) mass is 410 g/mol. The quantitative estimate of drug-likeness (QED) is 0.592. The Hall–Kier alpha value is -2.09. The summed E-state index contributed by atoms with van der Waals surface area (Å²) < 4.78 is 37.9. The molecule has 2 aromatic rings. The second-order valence-corrected chi connectivity index (χ2v) is 7.91. The molecule has 0 aliphatic carbocycles. The minimum atomic E-state index is -4.37. The van der Waals surface area contributed by atoms with Gasteiger partial charge in [-0.25, -0.2) is 4.98 Å². The number of piperidine rings is 1. The van der Waals surface area contributed by atoms with Crippen LogP contribution in [0.15, 0.2) is 40.7 Å². The third-order valence-corrected chi connectivity index (χ3v) is 5.87. The molecule has 1 N–H and O–H groups in total. The van der Waals surface area contributed by atoms with E-state index < -0.39 is 11.9 Å². The number of alkyl halides is 3. The molecule has 0 amide bonds. The molecule has 0 bridgehead atoms. The van der Waals surface area contributed by atoms with Crippen LogP contribution < -0.4 is 5.32 Å². The summed E-state index contributed by atoms with van der Waals surface area (Å²) in [7, 11) is 1.74. The fourth-order valence-electron chi connectivity index (χ4n) is 3.47. The lowest BCUT2D eigenvalue weighted by Gasteiger charge is -2.34. The zero-order chi connectivity index (χ0) is 20.0. The van der Waals surface area contributed by atoms with Crippen LogP contribution in [0.4, 0.5) is 13.2 Å². The molecule has 8 heteroatoms. The van der Waals surface area contributed by atoms with Gasteiger partial charge in [-0.1, -0.05) is 30.3 Å². The van der Waals surface area contributed by atoms with Gasteiger partial charge in [-0.2, -0.15) is 13.2 Å². The Kier molecular flexibility index (Phi) is 6.93. The molecule has 1 aliphatic rings. The molecule has 0 atom stereocenters. The molecule has 2 heterocycles. The largest absolute Gasteiger partial charge is 0.434 e. The van der Waals surface area contributed by atoms with Gasteiger partial charge in [0.15, 0.2) is 11.7 Å². The van der Waals surface area contributed by atoms with Crippen LogP contribution in [-0.2, 0) is 19.0 Å². The summed E-state index contributed by atoms with van der Waals surface area (Å²) in [6.07, 6.45) is -0.604. The van der Waals surface area contributed by atoms with Gasteiger partial charge in [0.25, 0.3) is 0 Å². The minimum Gasteiger partial charge on any atom is -0.356 e. The third-order valence-electron chi connectivity index (χ3n) is 4.96. The van der Waals surface area contributed by atoms with Gasteiger partial charge in [-0.15, -0.1) is 11.3 Å². The van der Waals surface area contributed by atoms with E-state index in [4.69, 9.17) is 0 Å². The molecule has 0 radical (unpaired) electrons. The number of likely N-dealkylation sites (tertiary alicyclic amines) is 1. The molecule has 1 fully saturated rings. The van der Waals surface area contributed by atoms with Crippen molar-refractivity contribution in [1.82, 2.24) is 15.2 Å². The molecule has 0 spiro atoms. The predicted octanol–water partition coefficient (Wildman–Crippen LogP) is 4.23. The number of halogens is 3. The van der Waals surface area contributed by atoms with Crippen molar-refractivity contribution in [1.29, 1.82) is 0 Å². The molecular weight excluding hydrogens is 385 g/mol. The summed E-state index contributed by atoms with van der Waals surface area (Å²) in [4.78, 5) is 10.2.